The van der Waals surface area contributed by atoms with E-state index in [0.29, 0.717) is 38.3 Å². The van der Waals surface area contributed by atoms with E-state index in [4.69, 9.17) is 4.74 Å². The first-order valence-corrected chi connectivity index (χ1v) is 11.7. The molecule has 3 atom stereocenters. The Morgan fingerprint density at radius 3 is 2.21 bits per heavy atom. The van der Waals surface area contributed by atoms with Crippen LogP contribution < -0.4 is 0 Å². The Morgan fingerprint density at radius 2 is 1.67 bits per heavy atom. The number of halogens is 2. The number of hydrogen-bond acceptors (Lipinski definition) is 4. The first-order chi connectivity index (χ1) is 15.2. The molecule has 2 saturated heterocycles. The van der Waals surface area contributed by atoms with E-state index in [1.807, 2.05) is 27.7 Å². The fraction of sp³-hybridized carbons (Fsp3) is 0.680. The summed E-state index contributed by atoms with van der Waals surface area (Å²) in [5.41, 5.74) is -0.398. The maximum absolute atomic E-state index is 14.7. The highest BCUT2D eigenvalue weighted by Crippen LogP contribution is 2.38. The minimum Gasteiger partial charge on any atom is -0.444 e. The van der Waals surface area contributed by atoms with Gasteiger partial charge in [0.05, 0.1) is 5.92 Å². The van der Waals surface area contributed by atoms with Crippen LogP contribution in [0.2, 0.25) is 0 Å². The molecule has 0 aliphatic carbocycles. The SMILES string of the molecule is C[C@@H]1CN(C(=O)[C@@H]2CN(C(C)(C)C)C[C@H]2c2ccc(F)cc2F)CCN1C(=O)OC(C)(C)C. The lowest BCUT2D eigenvalue weighted by Crippen LogP contribution is -2.57. The molecule has 0 N–H and O–H groups in total. The summed E-state index contributed by atoms with van der Waals surface area (Å²) < 4.78 is 33.7. The smallest absolute Gasteiger partial charge is 0.410 e. The predicted molar refractivity (Wildman–Crippen MR) is 123 cm³/mol. The quantitative estimate of drug-likeness (QED) is 0.656. The number of benzene rings is 1. The second-order valence-corrected chi connectivity index (χ2v) is 11.3. The fourth-order valence-electron chi connectivity index (χ4n) is 4.70. The Balaban J connectivity index is 1.78. The van der Waals surface area contributed by atoms with Gasteiger partial charge in [0.1, 0.15) is 17.2 Å². The summed E-state index contributed by atoms with van der Waals surface area (Å²) in [5, 5.41) is 0. The Morgan fingerprint density at radius 1 is 1.00 bits per heavy atom. The van der Waals surface area contributed by atoms with Gasteiger partial charge in [0.15, 0.2) is 0 Å². The Hall–Kier alpha value is -2.22. The molecule has 3 rings (SSSR count). The topological polar surface area (TPSA) is 53.1 Å². The molecule has 0 unspecified atom stereocenters. The van der Waals surface area contributed by atoms with Gasteiger partial charge in [-0.3, -0.25) is 9.69 Å². The summed E-state index contributed by atoms with van der Waals surface area (Å²) in [6.07, 6.45) is -0.381. The van der Waals surface area contributed by atoms with Gasteiger partial charge in [0, 0.05) is 56.3 Å². The molecule has 2 aliphatic rings. The van der Waals surface area contributed by atoms with Crippen molar-refractivity contribution in [1.29, 1.82) is 0 Å². The molecule has 0 spiro atoms. The van der Waals surface area contributed by atoms with Gasteiger partial charge in [-0.1, -0.05) is 6.07 Å². The van der Waals surface area contributed by atoms with E-state index in [9.17, 15) is 18.4 Å². The highest BCUT2D eigenvalue weighted by Gasteiger charge is 2.45. The number of carbonyl (C=O) groups is 2. The predicted octanol–water partition coefficient (Wildman–Crippen LogP) is 4.25. The minimum absolute atomic E-state index is 0.0498. The third kappa shape index (κ3) is 5.83. The number of carbonyl (C=O) groups excluding carboxylic acids is 2. The Labute approximate surface area is 195 Å². The number of likely N-dealkylation sites (tertiary alicyclic amines) is 1. The lowest BCUT2D eigenvalue weighted by molar-refractivity contribution is -0.138. The number of amides is 2. The molecule has 0 radical (unpaired) electrons. The Kier molecular flexibility index (Phi) is 7.08. The monoisotopic (exact) mass is 465 g/mol. The lowest BCUT2D eigenvalue weighted by atomic mass is 9.87. The summed E-state index contributed by atoms with van der Waals surface area (Å²) in [6, 6.07) is 3.41. The van der Waals surface area contributed by atoms with Gasteiger partial charge in [-0.05, 0) is 60.1 Å². The summed E-state index contributed by atoms with van der Waals surface area (Å²) in [5.74, 6) is -2.10. The first-order valence-electron chi connectivity index (χ1n) is 11.7. The normalized spacial score (nSPS) is 24.8. The molecule has 2 fully saturated rings. The number of ether oxygens (including phenoxy) is 1. The van der Waals surface area contributed by atoms with Gasteiger partial charge >= 0.3 is 6.09 Å². The second kappa shape index (κ2) is 9.20. The maximum atomic E-state index is 14.7. The largest absolute Gasteiger partial charge is 0.444 e. The number of rotatable bonds is 2. The van der Waals surface area contributed by atoms with Crippen LogP contribution in [-0.4, -0.2) is 76.6 Å². The van der Waals surface area contributed by atoms with Crippen LogP contribution in [0.5, 0.6) is 0 Å². The Bertz CT molecular complexity index is 894. The van der Waals surface area contributed by atoms with Crippen molar-refractivity contribution in [2.75, 3.05) is 32.7 Å². The number of piperazine rings is 1. The molecule has 1 aromatic rings. The molecule has 1 aromatic carbocycles. The highest BCUT2D eigenvalue weighted by molar-refractivity contribution is 5.81. The van der Waals surface area contributed by atoms with Gasteiger partial charge in [-0.25, -0.2) is 13.6 Å². The van der Waals surface area contributed by atoms with Gasteiger partial charge in [-0.2, -0.15) is 0 Å². The zero-order chi connectivity index (χ0) is 24.7. The van der Waals surface area contributed by atoms with Crippen molar-refractivity contribution in [3.63, 3.8) is 0 Å². The van der Waals surface area contributed by atoms with Crippen molar-refractivity contribution in [2.45, 2.75) is 71.6 Å². The van der Waals surface area contributed by atoms with Crippen LogP contribution in [0.25, 0.3) is 0 Å². The van der Waals surface area contributed by atoms with Crippen LogP contribution in [0.15, 0.2) is 18.2 Å². The average molecular weight is 466 g/mol. The molecule has 8 heteroatoms. The van der Waals surface area contributed by atoms with E-state index in [1.165, 1.54) is 12.1 Å². The molecule has 6 nitrogen and oxygen atoms in total. The van der Waals surface area contributed by atoms with Crippen molar-refractivity contribution in [1.82, 2.24) is 14.7 Å². The summed E-state index contributed by atoms with van der Waals surface area (Å²) in [4.78, 5) is 31.8. The van der Waals surface area contributed by atoms with E-state index < -0.39 is 23.2 Å². The molecule has 0 aromatic heterocycles. The third-order valence-electron chi connectivity index (χ3n) is 6.51. The molecule has 0 bridgehead atoms. The van der Waals surface area contributed by atoms with Crippen LogP contribution in [0.4, 0.5) is 13.6 Å². The fourth-order valence-corrected chi connectivity index (χ4v) is 4.70. The molecular formula is C25H37F2N3O3. The third-order valence-corrected chi connectivity index (χ3v) is 6.51. The van der Waals surface area contributed by atoms with Crippen LogP contribution in [0.3, 0.4) is 0 Å². The average Bonchev–Trinajstić information content (AvgIpc) is 3.11. The van der Waals surface area contributed by atoms with Crippen molar-refractivity contribution >= 4 is 12.0 Å². The molecule has 2 amide bonds. The molecule has 184 valence electrons. The lowest BCUT2D eigenvalue weighted by Gasteiger charge is -2.41. The molecule has 33 heavy (non-hydrogen) atoms. The summed E-state index contributed by atoms with van der Waals surface area (Å²) in [6.45, 7) is 15.8. The van der Waals surface area contributed by atoms with Crippen molar-refractivity contribution in [3.8, 4) is 0 Å². The van der Waals surface area contributed by atoms with E-state index in [-0.39, 0.29) is 29.5 Å². The second-order valence-electron chi connectivity index (χ2n) is 11.3. The van der Waals surface area contributed by atoms with Gasteiger partial charge in [-0.15, -0.1) is 0 Å². The van der Waals surface area contributed by atoms with Crippen LogP contribution in [-0.2, 0) is 9.53 Å². The standard InChI is InChI=1S/C25H37F2N3O3/c1-16-13-28(10-11-30(16)23(32)33-25(5,6)7)22(31)20-15-29(24(2,3)4)14-19(20)18-9-8-17(26)12-21(18)27/h8-9,12,16,19-20H,10-11,13-15H2,1-7H3/t16-,19+,20-/m1/s1. The van der Waals surface area contributed by atoms with Crippen molar-refractivity contribution in [3.05, 3.63) is 35.4 Å². The van der Waals surface area contributed by atoms with Crippen molar-refractivity contribution in [2.24, 2.45) is 5.92 Å². The van der Waals surface area contributed by atoms with Gasteiger partial charge in [0.25, 0.3) is 0 Å². The minimum atomic E-state index is -0.628. The number of hydrogen-bond donors (Lipinski definition) is 0. The summed E-state index contributed by atoms with van der Waals surface area (Å²) in [7, 11) is 0. The maximum Gasteiger partial charge on any atom is 0.410 e. The van der Waals surface area contributed by atoms with Crippen LogP contribution in [0.1, 0.15) is 59.9 Å². The first kappa shape index (κ1) is 25.4. The van der Waals surface area contributed by atoms with E-state index in [2.05, 4.69) is 25.7 Å². The number of nitrogens with zero attached hydrogens (tertiary/aromatic N) is 3. The molecule has 2 heterocycles. The zero-order valence-electron chi connectivity index (χ0n) is 20.8. The van der Waals surface area contributed by atoms with Crippen LogP contribution >= 0.6 is 0 Å². The van der Waals surface area contributed by atoms with E-state index in [0.717, 1.165) is 6.07 Å². The van der Waals surface area contributed by atoms with Gasteiger partial charge < -0.3 is 14.5 Å². The zero-order valence-corrected chi connectivity index (χ0v) is 20.8. The van der Waals surface area contributed by atoms with Gasteiger partial charge in [0.2, 0.25) is 5.91 Å². The van der Waals surface area contributed by atoms with E-state index >= 15 is 0 Å². The van der Waals surface area contributed by atoms with Crippen LogP contribution in [0, 0.1) is 17.6 Å². The highest BCUT2D eigenvalue weighted by atomic mass is 19.1. The summed E-state index contributed by atoms with van der Waals surface area (Å²) >= 11 is 0. The molecule has 2 aliphatic heterocycles. The van der Waals surface area contributed by atoms with E-state index in [1.54, 1.807) is 9.80 Å². The molecular weight excluding hydrogens is 428 g/mol. The van der Waals surface area contributed by atoms with Crippen molar-refractivity contribution < 1.29 is 23.1 Å². The molecule has 0 saturated carbocycles.